The molecule has 0 fully saturated rings. The van der Waals surface area contributed by atoms with Crippen LogP contribution in [-0.2, 0) is 11.2 Å². The highest BCUT2D eigenvalue weighted by molar-refractivity contribution is 9.10. The van der Waals surface area contributed by atoms with Gasteiger partial charge < -0.3 is 9.84 Å². The predicted molar refractivity (Wildman–Crippen MR) is 58.6 cm³/mol. The molecule has 7 heteroatoms. The van der Waals surface area contributed by atoms with E-state index >= 15 is 0 Å². The minimum absolute atomic E-state index is 0.288. The molecule has 1 aromatic rings. The maximum Gasteiger partial charge on any atom is 0.411 e. The van der Waals surface area contributed by atoms with Crippen molar-refractivity contribution in [2.75, 3.05) is 13.2 Å². The Bertz CT molecular complexity index is 327. The number of hydrogen-bond acceptors (Lipinski definition) is 3. The molecule has 0 aliphatic rings. The van der Waals surface area contributed by atoms with Crippen molar-refractivity contribution < 1.29 is 23.0 Å². The third-order valence-corrected chi connectivity index (χ3v) is 3.64. The lowest BCUT2D eigenvalue weighted by atomic mass is 10.2. The molecule has 0 bridgehead atoms. The van der Waals surface area contributed by atoms with Gasteiger partial charge in [-0.15, -0.1) is 11.3 Å². The lowest BCUT2D eigenvalue weighted by Gasteiger charge is -2.12. The van der Waals surface area contributed by atoms with Crippen molar-refractivity contribution in [1.82, 2.24) is 0 Å². The van der Waals surface area contributed by atoms with Crippen molar-refractivity contribution in [2.45, 2.75) is 18.7 Å². The van der Waals surface area contributed by atoms with Gasteiger partial charge >= 0.3 is 6.18 Å². The fourth-order valence-corrected chi connectivity index (χ4v) is 2.64. The van der Waals surface area contributed by atoms with E-state index in [-0.39, 0.29) is 13.0 Å². The van der Waals surface area contributed by atoms with E-state index in [1.54, 1.807) is 0 Å². The molecule has 1 heterocycles. The van der Waals surface area contributed by atoms with Crippen molar-refractivity contribution >= 4 is 27.3 Å². The van der Waals surface area contributed by atoms with E-state index in [0.717, 1.165) is 9.35 Å². The first-order chi connectivity index (χ1) is 7.38. The Labute approximate surface area is 103 Å². The van der Waals surface area contributed by atoms with E-state index in [0.29, 0.717) is 0 Å². The molecule has 92 valence electrons. The molecule has 0 aromatic carbocycles. The van der Waals surface area contributed by atoms with Gasteiger partial charge in [0.1, 0.15) is 6.61 Å². The van der Waals surface area contributed by atoms with Crippen LogP contribution < -0.4 is 0 Å². The van der Waals surface area contributed by atoms with Gasteiger partial charge in [0.15, 0.2) is 0 Å². The Morgan fingerprint density at radius 3 is 2.69 bits per heavy atom. The number of ether oxygens (including phenoxy) is 1. The zero-order chi connectivity index (χ0) is 12.2. The van der Waals surface area contributed by atoms with Gasteiger partial charge in [0.05, 0.1) is 12.7 Å². The number of thiophene rings is 1. The zero-order valence-corrected chi connectivity index (χ0v) is 10.5. The van der Waals surface area contributed by atoms with E-state index in [9.17, 15) is 18.3 Å². The van der Waals surface area contributed by atoms with Crippen LogP contribution in [0.5, 0.6) is 0 Å². The molecular formula is C9H10BrF3O2S. The summed E-state index contributed by atoms with van der Waals surface area (Å²) in [6, 6.07) is 1.82. The number of halogens is 4. The van der Waals surface area contributed by atoms with Crippen molar-refractivity contribution in [2.24, 2.45) is 0 Å². The van der Waals surface area contributed by atoms with Gasteiger partial charge in [-0.3, -0.25) is 0 Å². The van der Waals surface area contributed by atoms with Crippen LogP contribution in [0, 0.1) is 0 Å². The third-order valence-electron chi connectivity index (χ3n) is 1.69. The Morgan fingerprint density at radius 1 is 1.50 bits per heavy atom. The van der Waals surface area contributed by atoms with Crippen molar-refractivity contribution in [3.63, 3.8) is 0 Å². The lowest BCUT2D eigenvalue weighted by molar-refractivity contribution is -0.178. The fraction of sp³-hybridized carbons (Fsp3) is 0.556. The molecule has 0 spiro atoms. The van der Waals surface area contributed by atoms with Crippen molar-refractivity contribution in [3.05, 3.63) is 20.8 Å². The molecule has 0 saturated heterocycles. The summed E-state index contributed by atoms with van der Waals surface area (Å²) in [5.41, 5.74) is 0. The highest BCUT2D eigenvalue weighted by Crippen LogP contribution is 2.24. The first-order valence-electron chi connectivity index (χ1n) is 4.43. The molecule has 1 aromatic heterocycles. The highest BCUT2D eigenvalue weighted by Gasteiger charge is 2.27. The number of rotatable bonds is 5. The molecule has 0 saturated carbocycles. The van der Waals surface area contributed by atoms with Gasteiger partial charge in [-0.05, 0) is 27.4 Å². The zero-order valence-electron chi connectivity index (χ0n) is 8.13. The molecule has 0 aliphatic carbocycles. The van der Waals surface area contributed by atoms with Gasteiger partial charge in [0, 0.05) is 15.8 Å². The molecular weight excluding hydrogens is 309 g/mol. The quantitative estimate of drug-likeness (QED) is 0.904. The van der Waals surface area contributed by atoms with E-state index in [1.807, 2.05) is 11.4 Å². The first-order valence-corrected chi connectivity index (χ1v) is 6.10. The maximum atomic E-state index is 11.7. The Kier molecular flexibility index (Phi) is 5.23. The summed E-state index contributed by atoms with van der Waals surface area (Å²) in [5, 5.41) is 11.3. The summed E-state index contributed by atoms with van der Waals surface area (Å²) in [4.78, 5) is 0.892. The van der Waals surface area contributed by atoms with Gasteiger partial charge in [0.25, 0.3) is 0 Å². The molecule has 2 nitrogen and oxygen atoms in total. The normalized spacial score (nSPS) is 14.1. The average Bonchev–Trinajstić information content (AvgIpc) is 2.49. The van der Waals surface area contributed by atoms with Crippen LogP contribution in [-0.4, -0.2) is 30.6 Å². The summed E-state index contributed by atoms with van der Waals surface area (Å²) in [6.07, 6.45) is -4.98. The van der Waals surface area contributed by atoms with Crippen LogP contribution in [0.1, 0.15) is 4.88 Å². The number of hydrogen-bond donors (Lipinski definition) is 1. The monoisotopic (exact) mass is 318 g/mol. The minimum Gasteiger partial charge on any atom is -0.390 e. The second-order valence-electron chi connectivity index (χ2n) is 3.18. The van der Waals surface area contributed by atoms with E-state index in [4.69, 9.17) is 0 Å². The summed E-state index contributed by atoms with van der Waals surface area (Å²) in [7, 11) is 0. The summed E-state index contributed by atoms with van der Waals surface area (Å²) < 4.78 is 40.4. The second kappa shape index (κ2) is 6.00. The molecule has 0 aliphatic heterocycles. The van der Waals surface area contributed by atoms with E-state index < -0.39 is 18.9 Å². The highest BCUT2D eigenvalue weighted by atomic mass is 79.9. The molecule has 0 radical (unpaired) electrons. The smallest absolute Gasteiger partial charge is 0.390 e. The second-order valence-corrected chi connectivity index (χ2v) is 5.03. The van der Waals surface area contributed by atoms with Crippen molar-refractivity contribution in [3.8, 4) is 0 Å². The molecule has 16 heavy (non-hydrogen) atoms. The average molecular weight is 319 g/mol. The van der Waals surface area contributed by atoms with Crippen molar-refractivity contribution in [1.29, 1.82) is 0 Å². The topological polar surface area (TPSA) is 29.5 Å². The summed E-state index contributed by atoms with van der Waals surface area (Å²) in [6.45, 7) is -1.64. The third kappa shape index (κ3) is 5.29. The summed E-state index contributed by atoms with van der Waals surface area (Å²) in [5.74, 6) is 0. The Morgan fingerprint density at radius 2 is 2.19 bits per heavy atom. The van der Waals surface area contributed by atoms with Crippen LogP contribution in [0.25, 0.3) is 0 Å². The first kappa shape index (κ1) is 14.0. The van der Waals surface area contributed by atoms with Crippen LogP contribution in [0.15, 0.2) is 15.9 Å². The SMILES string of the molecule is OC(COCC(F)(F)F)Cc1sccc1Br. The van der Waals surface area contributed by atoms with E-state index in [1.165, 1.54) is 11.3 Å². The molecule has 1 N–H and O–H groups in total. The van der Waals surface area contributed by atoms with Crippen LogP contribution in [0.4, 0.5) is 13.2 Å². The van der Waals surface area contributed by atoms with Gasteiger partial charge in [-0.2, -0.15) is 13.2 Å². The van der Waals surface area contributed by atoms with E-state index in [2.05, 4.69) is 20.7 Å². The van der Waals surface area contributed by atoms with Crippen LogP contribution in [0.3, 0.4) is 0 Å². The largest absolute Gasteiger partial charge is 0.411 e. The molecule has 1 rings (SSSR count). The number of alkyl halides is 3. The predicted octanol–water partition coefficient (Wildman–Crippen LogP) is 2.99. The number of aliphatic hydroxyl groups excluding tert-OH is 1. The van der Waals surface area contributed by atoms with Gasteiger partial charge in [-0.25, -0.2) is 0 Å². The number of aliphatic hydroxyl groups is 1. The fourth-order valence-electron chi connectivity index (χ4n) is 1.05. The maximum absolute atomic E-state index is 11.7. The Balaban J connectivity index is 2.26. The summed E-state index contributed by atoms with van der Waals surface area (Å²) >= 11 is 4.71. The molecule has 1 atom stereocenters. The van der Waals surface area contributed by atoms with Gasteiger partial charge in [0.2, 0.25) is 0 Å². The molecule has 1 unspecified atom stereocenters. The Hall–Kier alpha value is -0.110. The minimum atomic E-state index is -4.34. The van der Waals surface area contributed by atoms with Crippen LogP contribution in [0.2, 0.25) is 0 Å². The standard InChI is InChI=1S/C9H10BrF3O2S/c10-7-1-2-16-8(7)3-6(14)4-15-5-9(11,12)13/h1-2,6,14H,3-5H2. The van der Waals surface area contributed by atoms with Crippen LogP contribution >= 0.6 is 27.3 Å². The lowest BCUT2D eigenvalue weighted by Crippen LogP contribution is -2.23. The molecule has 0 amide bonds. The van der Waals surface area contributed by atoms with Gasteiger partial charge in [-0.1, -0.05) is 0 Å².